The fourth-order valence-electron chi connectivity index (χ4n) is 3.34. The Hall–Kier alpha value is -3.21. The van der Waals surface area contributed by atoms with E-state index in [1.165, 1.54) is 0 Å². The largest absolute Gasteiger partial charge is 0.313 e. The number of thioether (sulfide) groups is 2. The minimum absolute atomic E-state index is 0.0451. The molecule has 0 aliphatic carbocycles. The van der Waals surface area contributed by atoms with Crippen LogP contribution in [-0.2, 0) is 4.79 Å². The van der Waals surface area contributed by atoms with E-state index in [2.05, 4.69) is 42.5 Å². The molecule has 4 rings (SSSR count). The zero-order valence-corrected chi connectivity index (χ0v) is 20.0. The second-order valence-corrected chi connectivity index (χ2v) is 10.1. The number of carbonyl (C=O) groups is 1. The lowest BCUT2D eigenvalue weighted by Crippen LogP contribution is -2.32. The lowest BCUT2D eigenvalue weighted by atomic mass is 10.1. The van der Waals surface area contributed by atoms with Gasteiger partial charge in [-0.25, -0.2) is 0 Å². The van der Waals surface area contributed by atoms with Gasteiger partial charge in [0.1, 0.15) is 4.58 Å². The summed E-state index contributed by atoms with van der Waals surface area (Å²) >= 11 is 3.17. The predicted molar refractivity (Wildman–Crippen MR) is 142 cm³/mol. The van der Waals surface area contributed by atoms with E-state index in [1.807, 2.05) is 92.0 Å². The van der Waals surface area contributed by atoms with Crippen molar-refractivity contribution in [1.29, 1.82) is 0 Å². The third-order valence-corrected chi connectivity index (χ3v) is 7.54. The molecule has 0 heterocycles. The van der Waals surface area contributed by atoms with Crippen LogP contribution in [0.4, 0.5) is 0 Å². The van der Waals surface area contributed by atoms with Crippen molar-refractivity contribution in [2.75, 3.05) is 7.05 Å². The van der Waals surface area contributed by atoms with Crippen molar-refractivity contribution < 1.29 is 4.79 Å². The Bertz CT molecular complexity index is 1140. The second kappa shape index (κ2) is 11.6. The molecule has 33 heavy (non-hydrogen) atoms. The summed E-state index contributed by atoms with van der Waals surface area (Å²) in [6.07, 6.45) is 2.07. The number of hydrogen-bond acceptors (Lipinski definition) is 3. The minimum Gasteiger partial charge on any atom is -0.313 e. The summed E-state index contributed by atoms with van der Waals surface area (Å²) in [6.45, 7) is 0. The molecule has 0 aliphatic rings. The van der Waals surface area contributed by atoms with Crippen LogP contribution < -0.4 is 0 Å². The standard InChI is InChI=1S/C29H25NOS2/c1-30(27(24-16-8-3-9-17-24)22-23-14-6-2-7-15-23)28(31)29(32-25-18-10-4-11-19-25)33-26-20-12-5-13-21-26/h2-22,29H,1H3/b27-22+. The van der Waals surface area contributed by atoms with Gasteiger partial charge in [-0.15, -0.1) is 23.5 Å². The number of benzene rings is 4. The molecule has 0 aromatic heterocycles. The van der Waals surface area contributed by atoms with E-state index in [0.717, 1.165) is 26.6 Å². The summed E-state index contributed by atoms with van der Waals surface area (Å²) in [7, 11) is 1.87. The number of rotatable bonds is 8. The first kappa shape index (κ1) is 23.0. The molecule has 0 spiro atoms. The Morgan fingerprint density at radius 1 is 0.667 bits per heavy atom. The van der Waals surface area contributed by atoms with Gasteiger partial charge in [-0.05, 0) is 41.5 Å². The zero-order chi connectivity index (χ0) is 22.9. The first-order valence-corrected chi connectivity index (χ1v) is 12.5. The fraction of sp³-hybridized carbons (Fsp3) is 0.0690. The van der Waals surface area contributed by atoms with Gasteiger partial charge in [-0.3, -0.25) is 4.79 Å². The molecule has 0 N–H and O–H groups in total. The highest BCUT2D eigenvalue weighted by atomic mass is 32.2. The maximum atomic E-state index is 13.9. The maximum absolute atomic E-state index is 13.9. The summed E-state index contributed by atoms with van der Waals surface area (Å²) in [5, 5.41) is 0. The van der Waals surface area contributed by atoms with Gasteiger partial charge in [-0.2, -0.15) is 0 Å². The van der Waals surface area contributed by atoms with Gasteiger partial charge in [0.05, 0.1) is 5.70 Å². The van der Waals surface area contributed by atoms with Gasteiger partial charge >= 0.3 is 0 Å². The van der Waals surface area contributed by atoms with Crippen LogP contribution in [0.3, 0.4) is 0 Å². The molecule has 0 radical (unpaired) electrons. The van der Waals surface area contributed by atoms with Crippen LogP contribution in [0, 0.1) is 0 Å². The molecule has 0 saturated carbocycles. The monoisotopic (exact) mass is 467 g/mol. The first-order valence-electron chi connectivity index (χ1n) is 10.7. The average molecular weight is 468 g/mol. The van der Waals surface area contributed by atoms with Crippen LogP contribution in [0.25, 0.3) is 11.8 Å². The van der Waals surface area contributed by atoms with E-state index < -0.39 is 0 Å². The van der Waals surface area contributed by atoms with Crippen molar-refractivity contribution in [3.8, 4) is 0 Å². The molecular formula is C29H25NOS2. The van der Waals surface area contributed by atoms with Crippen LogP contribution in [0.15, 0.2) is 131 Å². The quantitative estimate of drug-likeness (QED) is 0.152. The molecule has 0 saturated heterocycles. The highest BCUT2D eigenvalue weighted by molar-refractivity contribution is 8.18. The molecule has 2 nitrogen and oxygen atoms in total. The Morgan fingerprint density at radius 2 is 1.09 bits per heavy atom. The number of carbonyl (C=O) groups excluding carboxylic acids is 1. The third kappa shape index (κ3) is 6.41. The second-order valence-electron chi connectivity index (χ2n) is 7.40. The minimum atomic E-state index is -0.331. The first-order chi connectivity index (χ1) is 16.2. The average Bonchev–Trinajstić information content (AvgIpc) is 2.88. The summed E-state index contributed by atoms with van der Waals surface area (Å²) in [5.74, 6) is 0.0451. The van der Waals surface area contributed by atoms with Crippen molar-refractivity contribution in [3.63, 3.8) is 0 Å². The van der Waals surface area contributed by atoms with Crippen molar-refractivity contribution in [1.82, 2.24) is 4.90 Å². The molecule has 1 amide bonds. The highest BCUT2D eigenvalue weighted by Gasteiger charge is 2.27. The van der Waals surface area contributed by atoms with Crippen molar-refractivity contribution in [2.45, 2.75) is 14.4 Å². The summed E-state index contributed by atoms with van der Waals surface area (Å²) in [6, 6.07) is 40.4. The van der Waals surface area contributed by atoms with Gasteiger partial charge in [0.2, 0.25) is 0 Å². The maximum Gasteiger partial charge on any atom is 0.250 e. The van der Waals surface area contributed by atoms with E-state index in [0.29, 0.717) is 0 Å². The molecule has 0 bridgehead atoms. The van der Waals surface area contributed by atoms with Crippen LogP contribution in [0.1, 0.15) is 11.1 Å². The predicted octanol–water partition coefficient (Wildman–Crippen LogP) is 7.55. The highest BCUT2D eigenvalue weighted by Crippen LogP contribution is 2.38. The van der Waals surface area contributed by atoms with Gasteiger partial charge < -0.3 is 4.90 Å². The molecule has 0 atom stereocenters. The van der Waals surface area contributed by atoms with Gasteiger partial charge in [0.15, 0.2) is 0 Å². The topological polar surface area (TPSA) is 20.3 Å². The van der Waals surface area contributed by atoms with E-state index in [-0.39, 0.29) is 10.5 Å². The van der Waals surface area contributed by atoms with E-state index in [1.54, 1.807) is 28.4 Å². The molecule has 0 fully saturated rings. The summed E-state index contributed by atoms with van der Waals surface area (Å²) in [5.41, 5.74) is 2.93. The van der Waals surface area contributed by atoms with Crippen LogP contribution >= 0.6 is 23.5 Å². The number of nitrogens with zero attached hydrogens (tertiary/aromatic N) is 1. The van der Waals surface area contributed by atoms with Crippen LogP contribution in [0.2, 0.25) is 0 Å². The zero-order valence-electron chi connectivity index (χ0n) is 18.4. The Kier molecular flexibility index (Phi) is 8.07. The van der Waals surface area contributed by atoms with E-state index >= 15 is 0 Å². The van der Waals surface area contributed by atoms with Crippen molar-refractivity contribution in [2.24, 2.45) is 0 Å². The fourth-order valence-corrected chi connectivity index (χ4v) is 5.84. The van der Waals surface area contributed by atoms with Crippen LogP contribution in [-0.4, -0.2) is 22.4 Å². The molecule has 4 heteroatoms. The van der Waals surface area contributed by atoms with Crippen LogP contribution in [0.5, 0.6) is 0 Å². The summed E-state index contributed by atoms with van der Waals surface area (Å²) in [4.78, 5) is 17.8. The molecule has 4 aromatic carbocycles. The molecule has 0 aliphatic heterocycles. The smallest absolute Gasteiger partial charge is 0.250 e. The molecule has 4 aromatic rings. The SMILES string of the molecule is CN(C(=O)C(Sc1ccccc1)Sc1ccccc1)/C(=C/c1ccccc1)c1ccccc1. The third-order valence-electron chi connectivity index (χ3n) is 5.04. The molecule has 0 unspecified atom stereocenters. The molecule has 164 valence electrons. The van der Waals surface area contributed by atoms with E-state index in [4.69, 9.17) is 0 Å². The molecular weight excluding hydrogens is 442 g/mol. The Labute approximate surface area is 204 Å². The summed E-state index contributed by atoms with van der Waals surface area (Å²) < 4.78 is -0.331. The van der Waals surface area contributed by atoms with Gasteiger partial charge in [0, 0.05) is 16.8 Å². The van der Waals surface area contributed by atoms with Gasteiger partial charge in [-0.1, -0.05) is 97.1 Å². The lowest BCUT2D eigenvalue weighted by Gasteiger charge is -2.26. The lowest BCUT2D eigenvalue weighted by molar-refractivity contribution is -0.124. The number of amides is 1. The normalized spacial score (nSPS) is 11.4. The van der Waals surface area contributed by atoms with Crippen molar-refractivity contribution >= 4 is 41.2 Å². The van der Waals surface area contributed by atoms with E-state index in [9.17, 15) is 4.79 Å². The van der Waals surface area contributed by atoms with Crippen molar-refractivity contribution in [3.05, 3.63) is 132 Å². The Morgan fingerprint density at radius 3 is 1.58 bits per heavy atom. The Balaban J connectivity index is 1.68. The number of hydrogen-bond donors (Lipinski definition) is 0. The van der Waals surface area contributed by atoms with Gasteiger partial charge in [0.25, 0.3) is 5.91 Å².